The van der Waals surface area contributed by atoms with Crippen LogP contribution in [0.25, 0.3) is 0 Å². The second-order valence-corrected chi connectivity index (χ2v) is 4.38. The molecule has 0 amide bonds. The van der Waals surface area contributed by atoms with Crippen LogP contribution in [0, 0.1) is 0 Å². The molecule has 2 rings (SSSR count). The highest BCUT2D eigenvalue weighted by molar-refractivity contribution is 5.32. The summed E-state index contributed by atoms with van der Waals surface area (Å²) in [6.07, 6.45) is -1.67. The summed E-state index contributed by atoms with van der Waals surface area (Å²) in [6.45, 7) is 2.07. The van der Waals surface area contributed by atoms with Crippen molar-refractivity contribution in [1.82, 2.24) is 4.98 Å². The first-order valence-corrected chi connectivity index (χ1v) is 6.29. The standard InChI is InChI=1S/C15H14F3NO/c1-2-4-11-5-3-6-13(9-11)20-14-8-7-12(10-19-14)15(16,17)18/h3,5-10H,2,4H2,1H3. The fourth-order valence-corrected chi connectivity index (χ4v) is 1.78. The Morgan fingerprint density at radius 2 is 1.95 bits per heavy atom. The Balaban J connectivity index is 2.12. The van der Waals surface area contributed by atoms with Gasteiger partial charge in [-0.15, -0.1) is 0 Å². The molecule has 0 N–H and O–H groups in total. The molecular formula is C15H14F3NO. The van der Waals surface area contributed by atoms with Crippen molar-refractivity contribution in [3.05, 3.63) is 53.7 Å². The minimum Gasteiger partial charge on any atom is -0.439 e. The van der Waals surface area contributed by atoms with Crippen molar-refractivity contribution >= 4 is 0 Å². The maximum atomic E-state index is 12.4. The first-order chi connectivity index (χ1) is 9.49. The van der Waals surface area contributed by atoms with Crippen LogP contribution < -0.4 is 4.74 Å². The third-order valence-electron chi connectivity index (χ3n) is 2.72. The molecule has 1 aromatic heterocycles. The van der Waals surface area contributed by atoms with Gasteiger partial charge in [0.15, 0.2) is 0 Å². The summed E-state index contributed by atoms with van der Waals surface area (Å²) in [5, 5.41) is 0. The maximum absolute atomic E-state index is 12.4. The number of ether oxygens (including phenoxy) is 1. The lowest BCUT2D eigenvalue weighted by atomic mass is 10.1. The van der Waals surface area contributed by atoms with E-state index in [0.29, 0.717) is 5.75 Å². The summed E-state index contributed by atoms with van der Waals surface area (Å²) < 4.78 is 42.7. The Morgan fingerprint density at radius 1 is 1.15 bits per heavy atom. The van der Waals surface area contributed by atoms with Crippen molar-refractivity contribution in [2.75, 3.05) is 0 Å². The Hall–Kier alpha value is -2.04. The van der Waals surface area contributed by atoms with E-state index in [1.54, 1.807) is 6.07 Å². The van der Waals surface area contributed by atoms with Gasteiger partial charge in [0.25, 0.3) is 0 Å². The number of pyridine rings is 1. The van der Waals surface area contributed by atoms with E-state index in [2.05, 4.69) is 11.9 Å². The number of benzene rings is 1. The fourth-order valence-electron chi connectivity index (χ4n) is 1.78. The SMILES string of the molecule is CCCc1cccc(Oc2ccc(C(F)(F)F)cn2)c1. The van der Waals surface area contributed by atoms with E-state index in [9.17, 15) is 13.2 Å². The molecule has 20 heavy (non-hydrogen) atoms. The van der Waals surface area contributed by atoms with Gasteiger partial charge in [0.1, 0.15) is 5.75 Å². The minimum absolute atomic E-state index is 0.145. The summed E-state index contributed by atoms with van der Waals surface area (Å²) >= 11 is 0. The number of aromatic nitrogens is 1. The van der Waals surface area contributed by atoms with E-state index in [0.717, 1.165) is 30.7 Å². The first kappa shape index (κ1) is 14.4. The predicted molar refractivity (Wildman–Crippen MR) is 69.8 cm³/mol. The van der Waals surface area contributed by atoms with Crippen LogP contribution >= 0.6 is 0 Å². The molecule has 0 aliphatic rings. The van der Waals surface area contributed by atoms with Gasteiger partial charge >= 0.3 is 6.18 Å². The van der Waals surface area contributed by atoms with Crippen molar-refractivity contribution in [3.8, 4) is 11.6 Å². The number of rotatable bonds is 4. The predicted octanol–water partition coefficient (Wildman–Crippen LogP) is 4.85. The maximum Gasteiger partial charge on any atom is 0.417 e. The third kappa shape index (κ3) is 3.73. The summed E-state index contributed by atoms with van der Waals surface area (Å²) in [5.74, 6) is 0.717. The van der Waals surface area contributed by atoms with Crippen molar-refractivity contribution in [3.63, 3.8) is 0 Å². The van der Waals surface area contributed by atoms with E-state index >= 15 is 0 Å². The zero-order valence-electron chi connectivity index (χ0n) is 10.9. The molecule has 0 unspecified atom stereocenters. The van der Waals surface area contributed by atoms with Crippen molar-refractivity contribution in [1.29, 1.82) is 0 Å². The zero-order chi connectivity index (χ0) is 14.6. The number of halogens is 3. The van der Waals surface area contributed by atoms with Crippen LogP contribution in [0.15, 0.2) is 42.6 Å². The highest BCUT2D eigenvalue weighted by Gasteiger charge is 2.30. The van der Waals surface area contributed by atoms with E-state index in [1.165, 1.54) is 6.07 Å². The van der Waals surface area contributed by atoms with E-state index in [4.69, 9.17) is 4.74 Å². The van der Waals surface area contributed by atoms with Crippen LogP contribution in [0.5, 0.6) is 11.6 Å². The van der Waals surface area contributed by atoms with E-state index in [-0.39, 0.29) is 5.88 Å². The van der Waals surface area contributed by atoms with Gasteiger partial charge in [0.2, 0.25) is 5.88 Å². The lowest BCUT2D eigenvalue weighted by Gasteiger charge is -2.08. The van der Waals surface area contributed by atoms with E-state index in [1.807, 2.05) is 18.2 Å². The highest BCUT2D eigenvalue weighted by Crippen LogP contribution is 2.30. The molecule has 0 fully saturated rings. The molecule has 0 spiro atoms. The van der Waals surface area contributed by atoms with Crippen molar-refractivity contribution < 1.29 is 17.9 Å². The minimum atomic E-state index is -4.38. The first-order valence-electron chi connectivity index (χ1n) is 6.29. The Bertz CT molecular complexity index is 564. The quantitative estimate of drug-likeness (QED) is 0.799. The smallest absolute Gasteiger partial charge is 0.417 e. The molecule has 5 heteroatoms. The number of aryl methyl sites for hydroxylation is 1. The molecule has 0 bridgehead atoms. The van der Waals surface area contributed by atoms with Gasteiger partial charge in [-0.05, 0) is 30.2 Å². The largest absolute Gasteiger partial charge is 0.439 e. The van der Waals surface area contributed by atoms with Crippen LogP contribution in [-0.4, -0.2) is 4.98 Å². The summed E-state index contributed by atoms with van der Waals surface area (Å²) in [5.41, 5.74) is 0.335. The Kier molecular flexibility index (Phi) is 4.27. The molecule has 0 atom stereocenters. The lowest BCUT2D eigenvalue weighted by Crippen LogP contribution is -2.05. The zero-order valence-corrected chi connectivity index (χ0v) is 10.9. The van der Waals surface area contributed by atoms with Crippen molar-refractivity contribution in [2.45, 2.75) is 25.9 Å². The molecule has 0 aliphatic carbocycles. The molecule has 106 valence electrons. The van der Waals surface area contributed by atoms with Gasteiger partial charge in [-0.2, -0.15) is 13.2 Å². The monoisotopic (exact) mass is 281 g/mol. The highest BCUT2D eigenvalue weighted by atomic mass is 19.4. The normalized spacial score (nSPS) is 11.4. The van der Waals surface area contributed by atoms with Crippen LogP contribution in [0.1, 0.15) is 24.5 Å². The van der Waals surface area contributed by atoms with Crippen LogP contribution in [0.3, 0.4) is 0 Å². The fraction of sp³-hybridized carbons (Fsp3) is 0.267. The Morgan fingerprint density at radius 3 is 2.55 bits per heavy atom. The van der Waals surface area contributed by atoms with Gasteiger partial charge in [-0.25, -0.2) is 4.98 Å². The van der Waals surface area contributed by atoms with Gasteiger partial charge < -0.3 is 4.74 Å². The van der Waals surface area contributed by atoms with Gasteiger partial charge in [0.05, 0.1) is 5.56 Å². The van der Waals surface area contributed by atoms with Gasteiger partial charge in [0, 0.05) is 12.3 Å². The molecule has 0 saturated carbocycles. The lowest BCUT2D eigenvalue weighted by molar-refractivity contribution is -0.137. The molecule has 0 radical (unpaired) electrons. The average Bonchev–Trinajstić information content (AvgIpc) is 2.39. The topological polar surface area (TPSA) is 22.1 Å². The van der Waals surface area contributed by atoms with E-state index < -0.39 is 11.7 Å². The Labute approximate surface area is 115 Å². The summed E-state index contributed by atoms with van der Waals surface area (Å²) in [4.78, 5) is 3.67. The van der Waals surface area contributed by atoms with Gasteiger partial charge in [-0.3, -0.25) is 0 Å². The molecule has 1 heterocycles. The number of nitrogens with zero attached hydrogens (tertiary/aromatic N) is 1. The molecular weight excluding hydrogens is 267 g/mol. The molecule has 0 aliphatic heterocycles. The number of hydrogen-bond donors (Lipinski definition) is 0. The van der Waals surface area contributed by atoms with Crippen molar-refractivity contribution in [2.24, 2.45) is 0 Å². The number of hydrogen-bond acceptors (Lipinski definition) is 2. The third-order valence-corrected chi connectivity index (χ3v) is 2.72. The van der Waals surface area contributed by atoms with Crippen LogP contribution in [0.4, 0.5) is 13.2 Å². The second kappa shape index (κ2) is 5.94. The average molecular weight is 281 g/mol. The second-order valence-electron chi connectivity index (χ2n) is 4.38. The molecule has 0 saturated heterocycles. The number of alkyl halides is 3. The molecule has 2 aromatic rings. The molecule has 2 nitrogen and oxygen atoms in total. The summed E-state index contributed by atoms with van der Waals surface area (Å²) in [7, 11) is 0. The van der Waals surface area contributed by atoms with Crippen LogP contribution in [0.2, 0.25) is 0 Å². The molecule has 1 aromatic carbocycles. The van der Waals surface area contributed by atoms with Crippen LogP contribution in [-0.2, 0) is 12.6 Å². The van der Waals surface area contributed by atoms with Gasteiger partial charge in [-0.1, -0.05) is 25.5 Å². The summed E-state index contributed by atoms with van der Waals surface area (Å²) in [6, 6.07) is 9.62.